The lowest BCUT2D eigenvalue weighted by Gasteiger charge is -2.11. The van der Waals surface area contributed by atoms with Crippen LogP contribution in [-0.2, 0) is 0 Å². The molecule has 0 fully saturated rings. The minimum absolute atomic E-state index is 0.278. The summed E-state index contributed by atoms with van der Waals surface area (Å²) in [5, 5.41) is 10.3. The molecule has 3 aromatic rings. The number of aromatic nitrogens is 2. The van der Waals surface area contributed by atoms with Gasteiger partial charge in [0.15, 0.2) is 0 Å². The maximum absolute atomic E-state index is 12.1. The fourth-order valence-corrected chi connectivity index (χ4v) is 2.50. The zero-order chi connectivity index (χ0) is 15.0. The van der Waals surface area contributed by atoms with Crippen molar-refractivity contribution in [3.05, 3.63) is 63.5 Å². The van der Waals surface area contributed by atoms with Crippen molar-refractivity contribution in [1.82, 2.24) is 9.97 Å². The average Bonchev–Trinajstić information content (AvgIpc) is 2.46. The van der Waals surface area contributed by atoms with Crippen LogP contribution in [0.1, 0.15) is 10.4 Å². The Hall–Kier alpha value is -2.66. The molecule has 0 aliphatic rings. The number of hydrogen-bond donors (Lipinski definition) is 2. The summed E-state index contributed by atoms with van der Waals surface area (Å²) in [5.74, 6) is -1.31. The van der Waals surface area contributed by atoms with E-state index in [0.717, 1.165) is 0 Å². The Kier molecular flexibility index (Phi) is 3.19. The Morgan fingerprint density at radius 2 is 1.95 bits per heavy atom. The molecule has 0 bridgehead atoms. The molecule has 5 nitrogen and oxygen atoms in total. The Morgan fingerprint density at radius 1 is 1.19 bits per heavy atom. The smallest absolute Gasteiger partial charge is 0.342 e. The van der Waals surface area contributed by atoms with Crippen LogP contribution in [0.3, 0.4) is 0 Å². The summed E-state index contributed by atoms with van der Waals surface area (Å²) in [6.07, 6.45) is 1.52. The van der Waals surface area contributed by atoms with E-state index in [9.17, 15) is 14.7 Å². The molecule has 21 heavy (non-hydrogen) atoms. The number of carboxylic acid groups (broad SMARTS) is 1. The third kappa shape index (κ3) is 2.17. The summed E-state index contributed by atoms with van der Waals surface area (Å²) in [4.78, 5) is 30.1. The first kappa shape index (κ1) is 13.3. The summed E-state index contributed by atoms with van der Waals surface area (Å²) in [5.41, 5.74) is 0.0373. The number of pyridine rings is 2. The van der Waals surface area contributed by atoms with Gasteiger partial charge in [-0.25, -0.2) is 9.78 Å². The van der Waals surface area contributed by atoms with Gasteiger partial charge in [-0.3, -0.25) is 4.79 Å². The number of hydrogen-bond acceptors (Lipinski definition) is 3. The second kappa shape index (κ2) is 5.03. The zero-order valence-electron chi connectivity index (χ0n) is 10.6. The summed E-state index contributed by atoms with van der Waals surface area (Å²) in [6, 6.07) is 10.2. The highest BCUT2D eigenvalue weighted by Crippen LogP contribution is 2.33. The van der Waals surface area contributed by atoms with Gasteiger partial charge in [0.05, 0.1) is 0 Å². The molecule has 0 unspecified atom stereocenters. The monoisotopic (exact) mass is 300 g/mol. The number of carbonyl (C=O) groups is 1. The van der Waals surface area contributed by atoms with E-state index in [-0.39, 0.29) is 11.1 Å². The molecule has 2 aromatic heterocycles. The van der Waals surface area contributed by atoms with Gasteiger partial charge >= 0.3 is 5.97 Å². The molecule has 1 aromatic carbocycles. The number of fused-ring (bicyclic) bond motifs is 1. The first-order valence-electron chi connectivity index (χ1n) is 6.09. The van der Waals surface area contributed by atoms with E-state index < -0.39 is 11.5 Å². The molecule has 2 heterocycles. The predicted octanol–water partition coefficient (Wildman–Crippen LogP) is 2.94. The Balaban J connectivity index is 2.55. The third-order valence-electron chi connectivity index (χ3n) is 3.14. The Bertz CT molecular complexity index is 918. The molecule has 104 valence electrons. The fraction of sp³-hybridized carbons (Fsp3) is 0. The number of aromatic carboxylic acids is 1. The molecule has 0 radical (unpaired) electrons. The van der Waals surface area contributed by atoms with E-state index in [0.29, 0.717) is 21.6 Å². The standard InChI is InChI=1S/C15H9ClN2O3/c16-10-6-2-1-4-8(10)11-9-5-3-7-17-13(9)18-14(19)12(11)15(20)21/h1-7H,(H,20,21)(H,17,18,19). The van der Waals surface area contributed by atoms with Gasteiger partial charge in [-0.15, -0.1) is 0 Å². The Morgan fingerprint density at radius 3 is 2.67 bits per heavy atom. The van der Waals surface area contributed by atoms with Crippen LogP contribution in [0.25, 0.3) is 22.2 Å². The lowest BCUT2D eigenvalue weighted by molar-refractivity contribution is 0.0696. The van der Waals surface area contributed by atoms with Crippen LogP contribution < -0.4 is 5.56 Å². The van der Waals surface area contributed by atoms with Crippen LogP contribution in [0.5, 0.6) is 0 Å². The molecule has 0 saturated carbocycles. The quantitative estimate of drug-likeness (QED) is 0.762. The molecule has 3 rings (SSSR count). The summed E-state index contributed by atoms with van der Waals surface area (Å²) < 4.78 is 0. The fourth-order valence-electron chi connectivity index (χ4n) is 2.27. The first-order valence-corrected chi connectivity index (χ1v) is 6.46. The second-order valence-corrected chi connectivity index (χ2v) is 4.80. The van der Waals surface area contributed by atoms with Gasteiger partial charge < -0.3 is 10.1 Å². The van der Waals surface area contributed by atoms with Crippen LogP contribution >= 0.6 is 11.6 Å². The summed E-state index contributed by atoms with van der Waals surface area (Å²) in [7, 11) is 0. The average molecular weight is 301 g/mol. The molecule has 2 N–H and O–H groups in total. The first-order chi connectivity index (χ1) is 10.1. The molecule has 0 amide bonds. The van der Waals surface area contributed by atoms with E-state index in [1.54, 1.807) is 36.4 Å². The van der Waals surface area contributed by atoms with Gasteiger partial charge in [0, 0.05) is 27.7 Å². The van der Waals surface area contributed by atoms with E-state index >= 15 is 0 Å². The predicted molar refractivity (Wildman–Crippen MR) is 79.8 cm³/mol. The highest BCUT2D eigenvalue weighted by molar-refractivity contribution is 6.34. The van der Waals surface area contributed by atoms with Gasteiger partial charge in [0.25, 0.3) is 5.56 Å². The topological polar surface area (TPSA) is 83.0 Å². The number of aromatic amines is 1. The van der Waals surface area contributed by atoms with Crippen LogP contribution in [0.4, 0.5) is 0 Å². The lowest BCUT2D eigenvalue weighted by Crippen LogP contribution is -2.19. The maximum Gasteiger partial charge on any atom is 0.342 e. The van der Waals surface area contributed by atoms with Gasteiger partial charge in [0.1, 0.15) is 11.2 Å². The van der Waals surface area contributed by atoms with Crippen molar-refractivity contribution < 1.29 is 9.90 Å². The normalized spacial score (nSPS) is 10.7. The van der Waals surface area contributed by atoms with Crippen molar-refractivity contribution in [1.29, 1.82) is 0 Å². The minimum Gasteiger partial charge on any atom is -0.477 e. The highest BCUT2D eigenvalue weighted by atomic mass is 35.5. The van der Waals surface area contributed by atoms with Crippen LogP contribution in [0.2, 0.25) is 5.02 Å². The highest BCUT2D eigenvalue weighted by Gasteiger charge is 2.21. The second-order valence-electron chi connectivity index (χ2n) is 4.39. The molecule has 0 spiro atoms. The summed E-state index contributed by atoms with van der Waals surface area (Å²) >= 11 is 6.16. The third-order valence-corrected chi connectivity index (χ3v) is 3.47. The van der Waals surface area contributed by atoms with Crippen molar-refractivity contribution in [3.63, 3.8) is 0 Å². The number of H-pyrrole nitrogens is 1. The molecule has 0 aliphatic carbocycles. The van der Waals surface area contributed by atoms with Crippen LogP contribution in [0.15, 0.2) is 47.4 Å². The van der Waals surface area contributed by atoms with Gasteiger partial charge in [-0.05, 0) is 18.2 Å². The van der Waals surface area contributed by atoms with E-state index in [1.807, 2.05) is 0 Å². The lowest BCUT2D eigenvalue weighted by atomic mass is 9.97. The number of rotatable bonds is 2. The van der Waals surface area contributed by atoms with Gasteiger partial charge in [0.2, 0.25) is 0 Å². The van der Waals surface area contributed by atoms with Crippen LogP contribution in [-0.4, -0.2) is 21.0 Å². The number of carboxylic acids is 1. The van der Waals surface area contributed by atoms with E-state index in [1.165, 1.54) is 6.20 Å². The molecular formula is C15H9ClN2O3. The van der Waals surface area contributed by atoms with Crippen molar-refractivity contribution in [2.45, 2.75) is 0 Å². The van der Waals surface area contributed by atoms with E-state index in [2.05, 4.69) is 9.97 Å². The molecule has 0 saturated heterocycles. The molecular weight excluding hydrogens is 292 g/mol. The van der Waals surface area contributed by atoms with E-state index in [4.69, 9.17) is 11.6 Å². The molecule has 0 atom stereocenters. The number of nitrogens with one attached hydrogen (secondary N) is 1. The van der Waals surface area contributed by atoms with Crippen molar-refractivity contribution >= 4 is 28.6 Å². The number of halogens is 1. The number of nitrogens with zero attached hydrogens (tertiary/aromatic N) is 1. The number of benzene rings is 1. The zero-order valence-corrected chi connectivity index (χ0v) is 11.4. The summed E-state index contributed by atoms with van der Waals surface area (Å²) in [6.45, 7) is 0. The van der Waals surface area contributed by atoms with Gasteiger partial charge in [-0.1, -0.05) is 29.8 Å². The maximum atomic E-state index is 12.1. The molecule has 6 heteroatoms. The largest absolute Gasteiger partial charge is 0.477 e. The SMILES string of the molecule is O=C(O)c1c(-c2ccccc2Cl)c2cccnc2[nH]c1=O. The van der Waals surface area contributed by atoms with Crippen molar-refractivity contribution in [2.24, 2.45) is 0 Å². The van der Waals surface area contributed by atoms with Crippen LogP contribution in [0, 0.1) is 0 Å². The van der Waals surface area contributed by atoms with Crippen molar-refractivity contribution in [2.75, 3.05) is 0 Å². The minimum atomic E-state index is -1.31. The van der Waals surface area contributed by atoms with Gasteiger partial charge in [-0.2, -0.15) is 0 Å². The van der Waals surface area contributed by atoms with Crippen molar-refractivity contribution in [3.8, 4) is 11.1 Å². The Labute approximate surface area is 123 Å². The molecule has 0 aliphatic heterocycles.